The van der Waals surface area contributed by atoms with Crippen molar-refractivity contribution >= 4 is 23.5 Å². The van der Waals surface area contributed by atoms with Gasteiger partial charge in [-0.15, -0.1) is 0 Å². The summed E-state index contributed by atoms with van der Waals surface area (Å²) in [5.74, 6) is -3.14. The Labute approximate surface area is 243 Å². The van der Waals surface area contributed by atoms with Crippen LogP contribution in [0.5, 0.6) is 0 Å². The van der Waals surface area contributed by atoms with E-state index in [1.807, 2.05) is 6.07 Å². The molecule has 1 fully saturated rings. The first-order chi connectivity index (χ1) is 19.3. The number of hydrogen-bond acceptors (Lipinski definition) is 6. The quantitative estimate of drug-likeness (QED) is 0.257. The lowest BCUT2D eigenvalue weighted by Crippen LogP contribution is -2.38. The molecule has 0 unspecified atom stereocenters. The van der Waals surface area contributed by atoms with Crippen molar-refractivity contribution in [1.29, 1.82) is 0 Å². The van der Waals surface area contributed by atoms with E-state index >= 15 is 4.39 Å². The fourth-order valence-electron chi connectivity index (χ4n) is 4.76. The second-order valence-corrected chi connectivity index (χ2v) is 11.8. The van der Waals surface area contributed by atoms with Gasteiger partial charge in [-0.25, -0.2) is 27.9 Å². The zero-order valence-electron chi connectivity index (χ0n) is 23.3. The van der Waals surface area contributed by atoms with Crippen molar-refractivity contribution in [2.24, 2.45) is 0 Å². The maximum Gasteiger partial charge on any atom is 0.407 e. The Balaban J connectivity index is 1.48. The molecule has 1 amide bonds. The number of nitrogens with zero attached hydrogens (tertiary/aromatic N) is 2. The summed E-state index contributed by atoms with van der Waals surface area (Å²) in [5.41, 5.74) is 7.96. The number of amides is 1. The number of halogens is 4. The summed E-state index contributed by atoms with van der Waals surface area (Å²) >= 11 is 6.19. The standard InChI is InChI=1S/C30H35ClF3N5O2/c1-29(2,3)41-28(40)38-16-24(19-5-4-6-22(31)13-19)36-15-21-8-7-20(14-23(21)32)26-27(35)37-17-25(39-26)18-9-11-30(33,34)12-10-18/h4-8,13-14,17-18,24,36H,9-12,15-16H2,1-3H3,(H2,35,37)(H,38,40)/t24-/m1/s1. The SMILES string of the molecule is CC(C)(C)OC(=O)NC[C@@H](NCc1ccc(-c2nc(C3CCC(F)(F)CC3)cnc2N)cc1F)c1cccc(Cl)c1. The number of alkyl halides is 2. The van der Waals surface area contributed by atoms with Gasteiger partial charge in [0, 0.05) is 48.0 Å². The van der Waals surface area contributed by atoms with Crippen LogP contribution in [0.1, 0.15) is 75.2 Å². The average Bonchev–Trinajstić information content (AvgIpc) is 2.89. The first-order valence-electron chi connectivity index (χ1n) is 13.5. The fourth-order valence-corrected chi connectivity index (χ4v) is 4.96. The molecule has 0 aliphatic heterocycles. The van der Waals surface area contributed by atoms with Crippen molar-refractivity contribution in [2.75, 3.05) is 12.3 Å². The Bertz CT molecular complexity index is 1370. The number of aromatic nitrogens is 2. The predicted molar refractivity (Wildman–Crippen MR) is 153 cm³/mol. The normalized spacial score (nSPS) is 16.3. The Kier molecular flexibility index (Phi) is 9.44. The summed E-state index contributed by atoms with van der Waals surface area (Å²) in [5, 5.41) is 6.57. The van der Waals surface area contributed by atoms with Crippen LogP contribution in [0.4, 0.5) is 23.8 Å². The lowest BCUT2D eigenvalue weighted by atomic mass is 9.85. The van der Waals surface area contributed by atoms with Gasteiger partial charge in [0.25, 0.3) is 0 Å². The molecular formula is C30H35ClF3N5O2. The van der Waals surface area contributed by atoms with E-state index in [4.69, 9.17) is 22.1 Å². The minimum absolute atomic E-state index is 0.134. The molecule has 0 radical (unpaired) electrons. The van der Waals surface area contributed by atoms with E-state index in [-0.39, 0.29) is 43.7 Å². The first-order valence-corrected chi connectivity index (χ1v) is 13.9. The number of nitrogens with two attached hydrogens (primary N) is 1. The molecule has 0 saturated heterocycles. The van der Waals surface area contributed by atoms with Crippen LogP contribution in [0.15, 0.2) is 48.7 Å². The van der Waals surface area contributed by atoms with Crippen LogP contribution < -0.4 is 16.4 Å². The summed E-state index contributed by atoms with van der Waals surface area (Å²) in [6, 6.07) is 11.5. The highest BCUT2D eigenvalue weighted by atomic mass is 35.5. The third kappa shape index (κ3) is 8.56. The van der Waals surface area contributed by atoms with Gasteiger partial charge in [-0.1, -0.05) is 35.9 Å². The fraction of sp³-hybridized carbons (Fsp3) is 0.433. The van der Waals surface area contributed by atoms with Crippen molar-refractivity contribution in [2.45, 2.75) is 76.5 Å². The Morgan fingerprint density at radius 2 is 1.93 bits per heavy atom. The molecule has 1 aliphatic carbocycles. The summed E-state index contributed by atoms with van der Waals surface area (Å²) in [6.45, 7) is 5.66. The summed E-state index contributed by atoms with van der Waals surface area (Å²) in [6.07, 6.45) is 1.17. The number of benzene rings is 2. The molecule has 11 heteroatoms. The van der Waals surface area contributed by atoms with Crippen molar-refractivity contribution in [3.63, 3.8) is 0 Å². The van der Waals surface area contributed by atoms with Gasteiger partial charge in [-0.2, -0.15) is 0 Å². The van der Waals surface area contributed by atoms with Crippen LogP contribution in [0.3, 0.4) is 0 Å². The highest BCUT2D eigenvalue weighted by Crippen LogP contribution is 2.41. The molecule has 0 spiro atoms. The molecule has 0 bridgehead atoms. The van der Waals surface area contributed by atoms with E-state index in [9.17, 15) is 13.6 Å². The molecule has 4 N–H and O–H groups in total. The van der Waals surface area contributed by atoms with Crippen LogP contribution in [0, 0.1) is 5.82 Å². The molecule has 1 saturated carbocycles. The molecule has 1 aliphatic rings. The number of nitrogen functional groups attached to an aromatic ring is 1. The minimum atomic E-state index is -2.65. The predicted octanol–water partition coefficient (Wildman–Crippen LogP) is 7.17. The van der Waals surface area contributed by atoms with E-state index in [2.05, 4.69) is 20.6 Å². The van der Waals surface area contributed by atoms with Crippen LogP contribution in [0.25, 0.3) is 11.3 Å². The van der Waals surface area contributed by atoms with Crippen LogP contribution >= 0.6 is 11.6 Å². The summed E-state index contributed by atoms with van der Waals surface area (Å²) in [4.78, 5) is 21.0. The van der Waals surface area contributed by atoms with Gasteiger partial charge >= 0.3 is 6.09 Å². The van der Waals surface area contributed by atoms with Crippen molar-refractivity contribution in [3.05, 3.63) is 76.3 Å². The van der Waals surface area contributed by atoms with Gasteiger partial charge in [0.1, 0.15) is 22.9 Å². The number of nitrogens with one attached hydrogen (secondary N) is 2. The Morgan fingerprint density at radius 1 is 1.20 bits per heavy atom. The van der Waals surface area contributed by atoms with E-state index in [0.717, 1.165) is 5.56 Å². The molecule has 1 heterocycles. The number of alkyl carbamates (subject to hydrolysis) is 1. The maximum absolute atomic E-state index is 15.3. The van der Waals surface area contributed by atoms with Gasteiger partial charge in [0.15, 0.2) is 0 Å². The third-order valence-electron chi connectivity index (χ3n) is 6.92. The Hall–Kier alpha value is -3.37. The second-order valence-electron chi connectivity index (χ2n) is 11.3. The number of hydrogen-bond donors (Lipinski definition) is 3. The molecule has 2 aromatic carbocycles. The number of carbonyl (C=O) groups is 1. The first kappa shape index (κ1) is 30.6. The van der Waals surface area contributed by atoms with Crippen LogP contribution in [-0.2, 0) is 11.3 Å². The minimum Gasteiger partial charge on any atom is -0.444 e. The van der Waals surface area contributed by atoms with Gasteiger partial charge in [0.05, 0.1) is 17.9 Å². The van der Waals surface area contributed by atoms with Gasteiger partial charge < -0.3 is 21.1 Å². The zero-order valence-corrected chi connectivity index (χ0v) is 24.1. The van der Waals surface area contributed by atoms with E-state index in [1.165, 1.54) is 12.3 Å². The smallest absolute Gasteiger partial charge is 0.407 e. The molecule has 1 aromatic heterocycles. The maximum atomic E-state index is 15.3. The molecule has 1 atom stereocenters. The number of rotatable bonds is 8. The lowest BCUT2D eigenvalue weighted by molar-refractivity contribution is -0.0385. The summed E-state index contributed by atoms with van der Waals surface area (Å²) in [7, 11) is 0. The number of carbonyl (C=O) groups excluding carboxylic acids is 1. The number of anilines is 1. The van der Waals surface area contributed by atoms with E-state index in [0.29, 0.717) is 40.4 Å². The van der Waals surface area contributed by atoms with Crippen LogP contribution in [0.2, 0.25) is 5.02 Å². The highest BCUT2D eigenvalue weighted by molar-refractivity contribution is 6.30. The van der Waals surface area contributed by atoms with E-state index in [1.54, 1.807) is 51.1 Å². The highest BCUT2D eigenvalue weighted by Gasteiger charge is 2.36. The van der Waals surface area contributed by atoms with Crippen molar-refractivity contribution < 1.29 is 22.7 Å². The monoisotopic (exact) mass is 589 g/mol. The Morgan fingerprint density at radius 3 is 2.59 bits per heavy atom. The molecule has 41 heavy (non-hydrogen) atoms. The van der Waals surface area contributed by atoms with Gasteiger partial charge in [-0.3, -0.25) is 0 Å². The lowest BCUT2D eigenvalue weighted by Gasteiger charge is -2.27. The molecule has 4 rings (SSSR count). The van der Waals surface area contributed by atoms with Gasteiger partial charge in [-0.05, 0) is 57.4 Å². The van der Waals surface area contributed by atoms with Crippen LogP contribution in [-0.4, -0.2) is 34.1 Å². The molecular weight excluding hydrogens is 555 g/mol. The number of ether oxygens (including phenoxy) is 1. The van der Waals surface area contributed by atoms with Crippen molar-refractivity contribution in [1.82, 2.24) is 20.6 Å². The third-order valence-corrected chi connectivity index (χ3v) is 7.16. The second kappa shape index (κ2) is 12.7. The molecule has 7 nitrogen and oxygen atoms in total. The average molecular weight is 590 g/mol. The van der Waals surface area contributed by atoms with Gasteiger partial charge in [0.2, 0.25) is 5.92 Å². The topological polar surface area (TPSA) is 102 Å². The molecule has 3 aromatic rings. The van der Waals surface area contributed by atoms with E-state index < -0.39 is 23.4 Å². The molecule has 220 valence electrons. The zero-order chi connectivity index (χ0) is 29.8. The largest absolute Gasteiger partial charge is 0.444 e. The van der Waals surface area contributed by atoms with Crippen molar-refractivity contribution in [3.8, 4) is 11.3 Å². The summed E-state index contributed by atoms with van der Waals surface area (Å²) < 4.78 is 47.9.